The molecule has 1 N–H and O–H groups in total. The number of rotatable bonds is 3. The molecule has 0 atom stereocenters. The van der Waals surface area contributed by atoms with E-state index in [0.29, 0.717) is 12.1 Å². The van der Waals surface area contributed by atoms with Crippen LogP contribution in [0.2, 0.25) is 0 Å². The first-order valence-electron chi connectivity index (χ1n) is 5.43. The molecule has 0 amide bonds. The van der Waals surface area contributed by atoms with Crippen LogP contribution in [0.4, 0.5) is 13.2 Å². The van der Waals surface area contributed by atoms with Crippen molar-refractivity contribution in [2.45, 2.75) is 0 Å². The fourth-order valence-corrected chi connectivity index (χ4v) is 1.76. The van der Waals surface area contributed by atoms with Crippen molar-refractivity contribution in [1.82, 2.24) is 0 Å². The monoisotopic (exact) mass is 280 g/mol. The largest absolute Gasteiger partial charge is 0.478 e. The molecule has 2 aromatic carbocycles. The molecule has 0 heterocycles. The highest BCUT2D eigenvalue weighted by Gasteiger charge is 2.24. The Morgan fingerprint density at radius 1 is 0.900 bits per heavy atom. The SMILES string of the molecule is O=C(O)c1ccccc1C(=O)c1c(F)cc(F)cc1F. The molecule has 0 saturated heterocycles. The third-order valence-corrected chi connectivity index (χ3v) is 2.64. The Morgan fingerprint density at radius 2 is 1.40 bits per heavy atom. The maximum Gasteiger partial charge on any atom is 0.336 e. The molecule has 3 nitrogen and oxygen atoms in total. The van der Waals surface area contributed by atoms with E-state index >= 15 is 0 Å². The van der Waals surface area contributed by atoms with E-state index in [-0.39, 0.29) is 11.1 Å². The molecule has 0 bridgehead atoms. The van der Waals surface area contributed by atoms with Gasteiger partial charge in [-0.2, -0.15) is 0 Å². The highest BCUT2D eigenvalue weighted by Crippen LogP contribution is 2.21. The molecule has 0 spiro atoms. The van der Waals surface area contributed by atoms with Crippen molar-refractivity contribution in [3.63, 3.8) is 0 Å². The average Bonchev–Trinajstić information content (AvgIpc) is 2.37. The number of benzene rings is 2. The van der Waals surface area contributed by atoms with Gasteiger partial charge < -0.3 is 5.11 Å². The number of halogens is 3. The molecule has 2 aromatic rings. The van der Waals surface area contributed by atoms with Gasteiger partial charge in [0, 0.05) is 17.7 Å². The highest BCUT2D eigenvalue weighted by molar-refractivity contribution is 6.14. The predicted octanol–water partition coefficient (Wildman–Crippen LogP) is 3.03. The van der Waals surface area contributed by atoms with Gasteiger partial charge in [-0.3, -0.25) is 4.79 Å². The van der Waals surface area contributed by atoms with Gasteiger partial charge in [-0.1, -0.05) is 18.2 Å². The number of carboxylic acid groups (broad SMARTS) is 1. The molecule has 20 heavy (non-hydrogen) atoms. The van der Waals surface area contributed by atoms with Gasteiger partial charge in [0.1, 0.15) is 17.5 Å². The Hall–Kier alpha value is -2.63. The fourth-order valence-electron chi connectivity index (χ4n) is 1.76. The van der Waals surface area contributed by atoms with Gasteiger partial charge in [0.05, 0.1) is 11.1 Å². The van der Waals surface area contributed by atoms with Gasteiger partial charge in [0.2, 0.25) is 0 Å². The van der Waals surface area contributed by atoms with E-state index in [4.69, 9.17) is 5.11 Å². The molecule has 0 radical (unpaired) electrons. The summed E-state index contributed by atoms with van der Waals surface area (Å²) in [5.41, 5.74) is -1.75. The number of carbonyl (C=O) groups is 2. The maximum atomic E-state index is 13.5. The van der Waals surface area contributed by atoms with Crippen LogP contribution in [0.1, 0.15) is 26.3 Å². The quantitative estimate of drug-likeness (QED) is 0.879. The summed E-state index contributed by atoms with van der Waals surface area (Å²) < 4.78 is 39.9. The molecule has 0 aromatic heterocycles. The molecular formula is C14H7F3O3. The Balaban J connectivity index is 2.61. The van der Waals surface area contributed by atoms with Gasteiger partial charge in [-0.15, -0.1) is 0 Å². The summed E-state index contributed by atoms with van der Waals surface area (Å²) in [4.78, 5) is 23.0. The molecule has 2 rings (SSSR count). The van der Waals surface area contributed by atoms with Crippen LogP contribution in [-0.2, 0) is 0 Å². The summed E-state index contributed by atoms with van der Waals surface area (Å²) in [5.74, 6) is -6.49. The van der Waals surface area contributed by atoms with E-state index in [2.05, 4.69) is 0 Å². The minimum absolute atomic E-state index is 0.361. The maximum absolute atomic E-state index is 13.5. The Kier molecular flexibility index (Phi) is 3.56. The minimum atomic E-state index is -1.41. The second-order valence-electron chi connectivity index (χ2n) is 3.92. The highest BCUT2D eigenvalue weighted by atomic mass is 19.1. The lowest BCUT2D eigenvalue weighted by atomic mass is 9.97. The van der Waals surface area contributed by atoms with Crippen LogP contribution in [0.15, 0.2) is 36.4 Å². The molecule has 6 heteroatoms. The van der Waals surface area contributed by atoms with Gasteiger partial charge in [-0.05, 0) is 6.07 Å². The Bertz CT molecular complexity index is 688. The lowest BCUT2D eigenvalue weighted by Gasteiger charge is -2.07. The summed E-state index contributed by atoms with van der Waals surface area (Å²) in [6.45, 7) is 0. The zero-order chi connectivity index (χ0) is 14.9. The summed E-state index contributed by atoms with van der Waals surface area (Å²) in [6.07, 6.45) is 0. The van der Waals surface area contributed by atoms with Gasteiger partial charge >= 0.3 is 5.97 Å². The van der Waals surface area contributed by atoms with Gasteiger partial charge in [0.25, 0.3) is 0 Å². The van der Waals surface area contributed by atoms with Crippen molar-refractivity contribution >= 4 is 11.8 Å². The minimum Gasteiger partial charge on any atom is -0.478 e. The molecule has 0 aliphatic carbocycles. The average molecular weight is 280 g/mol. The Labute approximate surface area is 111 Å². The van der Waals surface area contributed by atoms with E-state index in [9.17, 15) is 22.8 Å². The number of carbonyl (C=O) groups excluding carboxylic acids is 1. The molecule has 0 aliphatic rings. The predicted molar refractivity (Wildman–Crippen MR) is 63.1 cm³/mol. The first-order chi connectivity index (χ1) is 9.41. The zero-order valence-corrected chi connectivity index (χ0v) is 9.86. The second-order valence-corrected chi connectivity index (χ2v) is 3.92. The molecular weight excluding hydrogens is 273 g/mol. The van der Waals surface area contributed by atoms with Crippen molar-refractivity contribution in [2.75, 3.05) is 0 Å². The smallest absolute Gasteiger partial charge is 0.336 e. The van der Waals surface area contributed by atoms with Crippen molar-refractivity contribution in [3.05, 3.63) is 70.5 Å². The molecule has 102 valence electrons. The third-order valence-electron chi connectivity index (χ3n) is 2.64. The fraction of sp³-hybridized carbons (Fsp3) is 0. The number of carboxylic acids is 1. The van der Waals surface area contributed by atoms with Gasteiger partial charge in [0.15, 0.2) is 5.78 Å². The summed E-state index contributed by atoms with van der Waals surface area (Å²) >= 11 is 0. The van der Waals surface area contributed by atoms with Crippen LogP contribution >= 0.6 is 0 Å². The zero-order valence-electron chi connectivity index (χ0n) is 9.86. The number of hydrogen-bond donors (Lipinski definition) is 1. The van der Waals surface area contributed by atoms with E-state index in [1.807, 2.05) is 0 Å². The summed E-state index contributed by atoms with van der Waals surface area (Å²) in [5, 5.41) is 8.94. The Morgan fingerprint density at radius 3 is 1.90 bits per heavy atom. The summed E-state index contributed by atoms with van der Waals surface area (Å²) in [6, 6.07) is 5.72. The molecule has 0 aliphatic heterocycles. The van der Waals surface area contributed by atoms with Gasteiger partial charge in [-0.25, -0.2) is 18.0 Å². The van der Waals surface area contributed by atoms with E-state index in [1.165, 1.54) is 12.1 Å². The normalized spacial score (nSPS) is 10.3. The molecule has 0 unspecified atom stereocenters. The lowest BCUT2D eigenvalue weighted by Crippen LogP contribution is -2.13. The van der Waals surface area contributed by atoms with Crippen LogP contribution in [0.3, 0.4) is 0 Å². The first kappa shape index (κ1) is 13.8. The number of aromatic carboxylic acids is 1. The first-order valence-corrected chi connectivity index (χ1v) is 5.43. The van der Waals surface area contributed by atoms with Crippen LogP contribution in [0.25, 0.3) is 0 Å². The van der Waals surface area contributed by atoms with Crippen molar-refractivity contribution in [2.24, 2.45) is 0 Å². The van der Waals surface area contributed by atoms with Crippen molar-refractivity contribution in [3.8, 4) is 0 Å². The van der Waals surface area contributed by atoms with Crippen LogP contribution in [0.5, 0.6) is 0 Å². The topological polar surface area (TPSA) is 54.4 Å². The molecule has 0 fully saturated rings. The van der Waals surface area contributed by atoms with Crippen LogP contribution in [-0.4, -0.2) is 16.9 Å². The van der Waals surface area contributed by atoms with Crippen LogP contribution in [0, 0.1) is 17.5 Å². The van der Waals surface area contributed by atoms with Crippen molar-refractivity contribution in [1.29, 1.82) is 0 Å². The second kappa shape index (κ2) is 5.16. The lowest BCUT2D eigenvalue weighted by molar-refractivity contribution is 0.0692. The third kappa shape index (κ3) is 2.40. The van der Waals surface area contributed by atoms with Crippen LogP contribution < -0.4 is 0 Å². The van der Waals surface area contributed by atoms with Crippen molar-refractivity contribution < 1.29 is 27.9 Å². The van der Waals surface area contributed by atoms with E-state index in [1.54, 1.807) is 0 Å². The van der Waals surface area contributed by atoms with E-state index in [0.717, 1.165) is 12.1 Å². The molecule has 0 saturated carbocycles. The summed E-state index contributed by atoms with van der Waals surface area (Å²) in [7, 11) is 0. The number of ketones is 1. The standard InChI is InChI=1S/C14H7F3O3/c15-7-5-10(16)12(11(17)6-7)13(18)8-3-1-2-4-9(8)14(19)20/h1-6H,(H,19,20). The van der Waals surface area contributed by atoms with E-state index < -0.39 is 34.8 Å². The number of hydrogen-bond acceptors (Lipinski definition) is 2.